The molecule has 0 amide bonds. The van der Waals surface area contributed by atoms with Crippen LogP contribution < -0.4 is 10.9 Å². The van der Waals surface area contributed by atoms with Crippen molar-refractivity contribution < 1.29 is 0 Å². The van der Waals surface area contributed by atoms with Gasteiger partial charge in [-0.1, -0.05) is 24.3 Å². The molecule has 0 atom stereocenters. The molecule has 0 heterocycles. The van der Waals surface area contributed by atoms with E-state index in [0.29, 0.717) is 0 Å². The van der Waals surface area contributed by atoms with E-state index in [4.69, 9.17) is 5.84 Å². The smallest absolute Gasteiger partial charge is 0.0607 e. The lowest BCUT2D eigenvalue weighted by Crippen LogP contribution is -2.26. The van der Waals surface area contributed by atoms with Crippen LogP contribution in [-0.4, -0.2) is 0 Å². The Balaban J connectivity index is 2.51. The van der Waals surface area contributed by atoms with Gasteiger partial charge in [0, 0.05) is 0 Å². The largest absolute Gasteiger partial charge is 0.279 e. The van der Waals surface area contributed by atoms with Gasteiger partial charge in [0.05, 0.1) is 11.4 Å². The number of hydrazine groups is 1. The Labute approximate surface area is 109 Å². The van der Waals surface area contributed by atoms with E-state index >= 15 is 0 Å². The quantitative estimate of drug-likeness (QED) is 0.636. The second kappa shape index (κ2) is 4.83. The zero-order chi connectivity index (χ0) is 13.3. The van der Waals surface area contributed by atoms with Gasteiger partial charge in [0.15, 0.2) is 0 Å². The van der Waals surface area contributed by atoms with Crippen LogP contribution >= 0.6 is 0 Å². The lowest BCUT2D eigenvalue weighted by molar-refractivity contribution is 1.05. The first kappa shape index (κ1) is 12.7. The number of nitrogens with zero attached hydrogens (tertiary/aromatic N) is 1. The van der Waals surface area contributed by atoms with E-state index < -0.39 is 0 Å². The van der Waals surface area contributed by atoms with Crippen LogP contribution in [0.1, 0.15) is 22.3 Å². The molecule has 18 heavy (non-hydrogen) atoms. The van der Waals surface area contributed by atoms with Gasteiger partial charge in [-0.15, -0.1) is 0 Å². The summed E-state index contributed by atoms with van der Waals surface area (Å²) >= 11 is 0. The number of hydrogen-bond acceptors (Lipinski definition) is 2. The van der Waals surface area contributed by atoms with Crippen LogP contribution in [-0.2, 0) is 0 Å². The summed E-state index contributed by atoms with van der Waals surface area (Å²) in [4.78, 5) is 0. The summed E-state index contributed by atoms with van der Waals surface area (Å²) < 4.78 is 0. The fourth-order valence-electron chi connectivity index (χ4n) is 2.12. The Morgan fingerprint density at radius 3 is 1.50 bits per heavy atom. The predicted molar refractivity (Wildman–Crippen MR) is 78.2 cm³/mol. The van der Waals surface area contributed by atoms with Crippen LogP contribution in [0.25, 0.3) is 0 Å². The summed E-state index contributed by atoms with van der Waals surface area (Å²) in [6.07, 6.45) is 0. The minimum Gasteiger partial charge on any atom is -0.279 e. The molecule has 0 aromatic heterocycles. The van der Waals surface area contributed by atoms with Crippen LogP contribution in [0.15, 0.2) is 36.4 Å². The second-order valence-electron chi connectivity index (χ2n) is 4.81. The van der Waals surface area contributed by atoms with Crippen molar-refractivity contribution in [2.24, 2.45) is 5.84 Å². The van der Waals surface area contributed by atoms with Crippen molar-refractivity contribution in [1.29, 1.82) is 0 Å². The minimum absolute atomic E-state index is 1.06. The first-order valence-electron chi connectivity index (χ1n) is 6.19. The van der Waals surface area contributed by atoms with Gasteiger partial charge in [-0.2, -0.15) is 0 Å². The van der Waals surface area contributed by atoms with Crippen LogP contribution in [0.4, 0.5) is 11.4 Å². The maximum absolute atomic E-state index is 6.29. The second-order valence-corrected chi connectivity index (χ2v) is 4.81. The SMILES string of the molecule is Cc1cccc(N(N)c2cccc(C)c2C)c1C. The summed E-state index contributed by atoms with van der Waals surface area (Å²) in [5.74, 6) is 6.29. The van der Waals surface area contributed by atoms with Crippen LogP contribution in [0.2, 0.25) is 0 Å². The van der Waals surface area contributed by atoms with E-state index in [1.54, 1.807) is 5.01 Å². The highest BCUT2D eigenvalue weighted by molar-refractivity contribution is 5.69. The highest BCUT2D eigenvalue weighted by atomic mass is 15.4. The normalized spacial score (nSPS) is 10.5. The van der Waals surface area contributed by atoms with Crippen LogP contribution in [0, 0.1) is 27.7 Å². The maximum atomic E-state index is 6.29. The minimum atomic E-state index is 1.06. The van der Waals surface area contributed by atoms with E-state index in [1.807, 2.05) is 12.1 Å². The topological polar surface area (TPSA) is 29.3 Å². The van der Waals surface area contributed by atoms with Crippen molar-refractivity contribution in [2.45, 2.75) is 27.7 Å². The van der Waals surface area contributed by atoms with Crippen LogP contribution in [0.5, 0.6) is 0 Å². The number of anilines is 2. The summed E-state index contributed by atoms with van der Waals surface area (Å²) in [7, 11) is 0. The summed E-state index contributed by atoms with van der Waals surface area (Å²) in [5, 5.41) is 1.78. The van der Waals surface area contributed by atoms with Crippen molar-refractivity contribution in [1.82, 2.24) is 0 Å². The fourth-order valence-corrected chi connectivity index (χ4v) is 2.12. The summed E-state index contributed by atoms with van der Waals surface area (Å²) in [6.45, 7) is 8.43. The number of benzene rings is 2. The Kier molecular flexibility index (Phi) is 3.39. The lowest BCUT2D eigenvalue weighted by Gasteiger charge is -2.24. The number of hydrogen-bond donors (Lipinski definition) is 1. The Morgan fingerprint density at radius 2 is 1.11 bits per heavy atom. The van der Waals surface area contributed by atoms with Crippen molar-refractivity contribution in [2.75, 3.05) is 5.01 Å². The molecular weight excluding hydrogens is 220 g/mol. The fraction of sp³-hybridized carbons (Fsp3) is 0.250. The molecule has 0 radical (unpaired) electrons. The van der Waals surface area contributed by atoms with Crippen molar-refractivity contribution >= 4 is 11.4 Å². The molecule has 2 N–H and O–H groups in total. The third kappa shape index (κ3) is 2.12. The van der Waals surface area contributed by atoms with Gasteiger partial charge in [-0.3, -0.25) is 5.01 Å². The van der Waals surface area contributed by atoms with Crippen molar-refractivity contribution in [3.63, 3.8) is 0 Å². The van der Waals surface area contributed by atoms with Gasteiger partial charge in [0.2, 0.25) is 0 Å². The van der Waals surface area contributed by atoms with Gasteiger partial charge < -0.3 is 0 Å². The Hall–Kier alpha value is -1.80. The molecule has 94 valence electrons. The average molecular weight is 240 g/mol. The molecule has 0 aliphatic rings. The standard InChI is InChI=1S/C16H20N2/c1-11-7-5-9-15(13(11)3)18(17)16-10-6-8-12(2)14(16)4/h5-10H,17H2,1-4H3. The molecule has 0 fully saturated rings. The molecule has 0 aliphatic heterocycles. The zero-order valence-corrected chi connectivity index (χ0v) is 11.5. The van der Waals surface area contributed by atoms with Gasteiger partial charge in [0.25, 0.3) is 0 Å². The molecular formula is C16H20N2. The van der Waals surface area contributed by atoms with E-state index in [9.17, 15) is 0 Å². The molecule has 0 unspecified atom stereocenters. The van der Waals surface area contributed by atoms with E-state index in [-0.39, 0.29) is 0 Å². The molecule has 2 heteroatoms. The van der Waals surface area contributed by atoms with E-state index in [0.717, 1.165) is 11.4 Å². The predicted octanol–water partition coefficient (Wildman–Crippen LogP) is 3.93. The van der Waals surface area contributed by atoms with Gasteiger partial charge in [-0.25, -0.2) is 5.84 Å². The van der Waals surface area contributed by atoms with Gasteiger partial charge in [0.1, 0.15) is 0 Å². The molecule has 0 aliphatic carbocycles. The molecule has 0 saturated heterocycles. The molecule has 2 aromatic rings. The molecule has 2 nitrogen and oxygen atoms in total. The monoisotopic (exact) mass is 240 g/mol. The highest BCUT2D eigenvalue weighted by Gasteiger charge is 2.11. The Morgan fingerprint density at radius 1 is 0.722 bits per heavy atom. The zero-order valence-electron chi connectivity index (χ0n) is 11.5. The summed E-state index contributed by atoms with van der Waals surface area (Å²) in [5.41, 5.74) is 7.08. The molecule has 0 saturated carbocycles. The van der Waals surface area contributed by atoms with Gasteiger partial charge in [-0.05, 0) is 62.1 Å². The number of nitrogens with two attached hydrogens (primary N) is 1. The van der Waals surface area contributed by atoms with Crippen molar-refractivity contribution in [3.05, 3.63) is 58.7 Å². The Bertz CT molecular complexity index is 522. The number of aryl methyl sites for hydroxylation is 2. The van der Waals surface area contributed by atoms with Crippen LogP contribution in [0.3, 0.4) is 0 Å². The molecule has 2 aromatic carbocycles. The molecule has 2 rings (SSSR count). The van der Waals surface area contributed by atoms with Crippen molar-refractivity contribution in [3.8, 4) is 0 Å². The number of rotatable bonds is 2. The third-order valence-electron chi connectivity index (χ3n) is 3.67. The van der Waals surface area contributed by atoms with E-state index in [2.05, 4.69) is 52.0 Å². The first-order valence-corrected chi connectivity index (χ1v) is 6.19. The maximum Gasteiger partial charge on any atom is 0.0607 e. The van der Waals surface area contributed by atoms with E-state index in [1.165, 1.54) is 22.3 Å². The average Bonchev–Trinajstić information content (AvgIpc) is 2.35. The third-order valence-corrected chi connectivity index (χ3v) is 3.67. The van der Waals surface area contributed by atoms with Gasteiger partial charge >= 0.3 is 0 Å². The molecule has 0 bridgehead atoms. The summed E-state index contributed by atoms with van der Waals surface area (Å²) in [6, 6.07) is 12.4. The lowest BCUT2D eigenvalue weighted by atomic mass is 10.0. The molecule has 0 spiro atoms. The first-order chi connectivity index (χ1) is 8.52. The highest BCUT2D eigenvalue weighted by Crippen LogP contribution is 2.30.